The maximum atomic E-state index is 14.6. The Balaban J connectivity index is 2.24. The predicted octanol–water partition coefficient (Wildman–Crippen LogP) is -13.6. The molecule has 35 N–H and O–H groups in total. The van der Waals surface area contributed by atoms with Crippen LogP contribution in [0.4, 0.5) is 0 Å². The standard InChI is InChI=1S/C86H135N23O32S/c1-10-42(6)66(81(136)103-57(38-113)74(129)94-33-61(119)105-65(41(4)5)80(135)97-50(24-26-64(123)124)76(131)104-58(39-142)85(140)141)107-84(139)69(45(9)116)109-78(133)51(28-40(2)3)101-83(138)68(44(8)115)108-79(134)53(30-47-20-15-12-16-21-47)100-75(130)49(23-25-63(121)122)98-82(137)67(43(7)114)106-62(120)34-93-72(127)55(36-111)96-59(117)31-91-71(126)54(35-110)95-60(118)32-92-73(128)56(37-112)102-77(132)52(29-46-18-13-11-14-19-46)99-70(125)48(87)22-17-27-90-86(88)89/h11-16,18-21,40-45,48-58,65-69,110-116,142H,10,17,22-39,87H2,1-9H3,(H,91,126)(H,92,128)(H,93,127)(H,94,129)(H,95,118)(H,96,117)(H,97,135)(H,98,137)(H,99,125)(H,100,130)(H,101,138)(H,102,132)(H,103,136)(H,104,131)(H,105,119)(H,106,120)(H,107,139)(H,108,134)(H,109,133)(H,121,122)(H,123,124)(H,140,141)(H4,88,89,90)/t42-,43+,44+,45+,48-,49-,50-,51-,52-,53-,54-,55-,56-,57-,58-,65-,66-,67-,68-,69-/m0/s1. The Hall–Kier alpha value is -13.9. The van der Waals surface area contributed by atoms with Crippen LogP contribution >= 0.6 is 12.6 Å². The summed E-state index contributed by atoms with van der Waals surface area (Å²) in [5.74, 6) is -28.9. The highest BCUT2D eigenvalue weighted by molar-refractivity contribution is 7.80. The molecule has 20 atom stereocenters. The number of hydrogen-bond acceptors (Lipinski definition) is 32. The van der Waals surface area contributed by atoms with Gasteiger partial charge in [-0.1, -0.05) is 109 Å². The van der Waals surface area contributed by atoms with Crippen LogP contribution in [0.2, 0.25) is 0 Å². The maximum absolute atomic E-state index is 14.6. The molecule has 2 aromatic carbocycles. The summed E-state index contributed by atoms with van der Waals surface area (Å²) >= 11 is 3.88. The summed E-state index contributed by atoms with van der Waals surface area (Å²) in [6.45, 7) is 4.23. The Morgan fingerprint density at radius 2 is 0.641 bits per heavy atom. The van der Waals surface area contributed by atoms with E-state index in [9.17, 15) is 157 Å². The predicted molar refractivity (Wildman–Crippen MR) is 501 cm³/mol. The smallest absolute Gasteiger partial charge is 0.327 e. The summed E-state index contributed by atoms with van der Waals surface area (Å²) in [6.07, 6.45) is -8.51. The van der Waals surface area contributed by atoms with Gasteiger partial charge in [-0.25, -0.2) is 4.79 Å². The molecule has 19 amide bonds. The van der Waals surface area contributed by atoms with Crippen molar-refractivity contribution in [3.63, 3.8) is 0 Å². The molecule has 0 aromatic heterocycles. The molecule has 0 radical (unpaired) electrons. The number of carbonyl (C=O) groups is 22. The normalized spacial score (nSPS) is 15.3. The van der Waals surface area contributed by atoms with Crippen molar-refractivity contribution in [3.05, 3.63) is 71.8 Å². The van der Waals surface area contributed by atoms with Crippen LogP contribution in [-0.2, 0) is 118 Å². The van der Waals surface area contributed by atoms with Crippen LogP contribution in [0.25, 0.3) is 0 Å². The number of aliphatic carboxylic acids is 3. The van der Waals surface area contributed by atoms with E-state index in [1.165, 1.54) is 45.0 Å². The quantitative estimate of drug-likeness (QED) is 0.0127. The summed E-state index contributed by atoms with van der Waals surface area (Å²) in [7, 11) is 0. The fourth-order valence-corrected chi connectivity index (χ4v) is 13.2. The second kappa shape index (κ2) is 64.4. The first-order valence-corrected chi connectivity index (χ1v) is 45.7. The van der Waals surface area contributed by atoms with Gasteiger partial charge in [0.1, 0.15) is 90.6 Å². The van der Waals surface area contributed by atoms with E-state index in [0.29, 0.717) is 17.5 Å². The van der Waals surface area contributed by atoms with Gasteiger partial charge in [-0.2, -0.15) is 12.6 Å². The highest BCUT2D eigenvalue weighted by atomic mass is 32.1. The van der Waals surface area contributed by atoms with Crippen molar-refractivity contribution in [2.75, 3.05) is 64.9 Å². The Labute approximate surface area is 821 Å². The van der Waals surface area contributed by atoms with Crippen LogP contribution in [0.15, 0.2) is 60.7 Å². The number of carboxylic acids is 3. The summed E-state index contributed by atoms with van der Waals surface area (Å²) in [5.41, 5.74) is 12.2. The highest BCUT2D eigenvalue weighted by Crippen LogP contribution is 2.16. The molecule has 0 saturated heterocycles. The summed E-state index contributed by atoms with van der Waals surface area (Å²) in [4.78, 5) is 294. The monoisotopic (exact) mass is 2030 g/mol. The molecule has 0 aliphatic carbocycles. The lowest BCUT2D eigenvalue weighted by Gasteiger charge is -2.30. The van der Waals surface area contributed by atoms with Crippen LogP contribution in [0.1, 0.15) is 125 Å². The Morgan fingerprint density at radius 3 is 0.993 bits per heavy atom. The molecule has 55 nitrogen and oxygen atoms in total. The molecular weight excluding hydrogens is 1900 g/mol. The van der Waals surface area contributed by atoms with Crippen molar-refractivity contribution >= 4 is 149 Å². The third-order valence-electron chi connectivity index (χ3n) is 21.1. The number of carboxylic acid groups (broad SMARTS) is 3. The number of carbonyl (C=O) groups excluding carboxylic acids is 19. The Bertz CT molecular complexity index is 4620. The molecule has 0 spiro atoms. The van der Waals surface area contributed by atoms with Crippen molar-refractivity contribution in [1.29, 1.82) is 5.41 Å². The van der Waals surface area contributed by atoms with E-state index in [0.717, 1.165) is 20.8 Å². The number of benzene rings is 2. The van der Waals surface area contributed by atoms with Gasteiger partial charge in [0, 0.05) is 38.0 Å². The van der Waals surface area contributed by atoms with Crippen molar-refractivity contribution in [1.82, 2.24) is 106 Å². The molecule has 792 valence electrons. The van der Waals surface area contributed by atoms with Gasteiger partial charge in [-0.05, 0) is 81.8 Å². The number of aliphatic hydroxyl groups is 7. The number of nitrogens with two attached hydrogens (primary N) is 2. The van der Waals surface area contributed by atoms with Gasteiger partial charge in [0.15, 0.2) is 5.96 Å². The lowest BCUT2D eigenvalue weighted by molar-refractivity contribution is -0.142. The maximum Gasteiger partial charge on any atom is 0.327 e. The third-order valence-corrected chi connectivity index (χ3v) is 21.5. The van der Waals surface area contributed by atoms with Gasteiger partial charge in [0.25, 0.3) is 0 Å². The fourth-order valence-electron chi connectivity index (χ4n) is 13.0. The molecule has 0 bridgehead atoms. The first-order valence-electron chi connectivity index (χ1n) is 45.1. The lowest BCUT2D eigenvalue weighted by atomic mass is 9.97. The third kappa shape index (κ3) is 46.0. The van der Waals surface area contributed by atoms with E-state index in [1.54, 1.807) is 57.2 Å². The van der Waals surface area contributed by atoms with Crippen molar-refractivity contribution < 1.29 is 157 Å². The molecule has 0 aliphatic heterocycles. The van der Waals surface area contributed by atoms with Gasteiger partial charge in [0.2, 0.25) is 112 Å². The molecular formula is C86H135N23O32S. The molecule has 0 aliphatic rings. The average Bonchev–Trinajstić information content (AvgIpc) is 1.06. The SMILES string of the molecule is CC[C@H](C)[C@H](NC(=O)[C@@H](NC(=O)[C@H](CC(C)C)NC(=O)[C@@H](NC(=O)[C@H](Cc1ccccc1)NC(=O)[C@H](CCC(=O)O)NC(=O)[C@@H](NC(=O)CNC(=O)[C@H](CO)NC(=O)CNC(=O)[C@H](CO)NC(=O)CNC(=O)[C@H](CO)NC(=O)[C@H](Cc1ccccc1)NC(=O)[C@@H](N)CCCNC(=N)N)[C@@H](C)O)[C@@H](C)O)[C@@H](C)O)C(=O)N[C@@H](CO)C(=O)NCC(=O)N[C@H](C(=O)N[C@@H](CCC(=O)O)C(=O)N[C@@H](CS)C(=O)O)C(C)C. The van der Waals surface area contributed by atoms with Gasteiger partial charge < -0.3 is 169 Å². The minimum Gasteiger partial charge on any atom is -0.481 e. The summed E-state index contributed by atoms with van der Waals surface area (Å²) < 4.78 is 0. The van der Waals surface area contributed by atoms with Crippen molar-refractivity contribution in [2.24, 2.45) is 29.2 Å². The minimum absolute atomic E-state index is 0.103. The first kappa shape index (κ1) is 124. The minimum atomic E-state index is -2.04. The van der Waals surface area contributed by atoms with Crippen LogP contribution in [0, 0.1) is 23.2 Å². The second-order valence-electron chi connectivity index (χ2n) is 33.7. The molecule has 0 heterocycles. The molecule has 2 aromatic rings. The van der Waals surface area contributed by atoms with Crippen molar-refractivity contribution in [2.45, 2.75) is 242 Å². The van der Waals surface area contributed by atoms with Gasteiger partial charge in [0.05, 0.1) is 77.0 Å². The lowest BCUT2D eigenvalue weighted by Crippen LogP contribution is -2.63. The van der Waals surface area contributed by atoms with E-state index in [2.05, 4.69) is 114 Å². The average molecular weight is 2040 g/mol. The second-order valence-corrected chi connectivity index (χ2v) is 34.1. The number of nitrogens with one attached hydrogen (secondary N) is 21. The van der Waals surface area contributed by atoms with E-state index in [4.69, 9.17) is 16.9 Å². The molecule has 56 heteroatoms. The summed E-state index contributed by atoms with van der Waals surface area (Å²) in [6, 6.07) is -11.4. The Morgan fingerprint density at radius 1 is 0.345 bits per heavy atom. The number of rotatable bonds is 66. The van der Waals surface area contributed by atoms with E-state index >= 15 is 0 Å². The topological polar surface area (TPSA) is 894 Å². The number of amides is 19. The van der Waals surface area contributed by atoms with Gasteiger partial charge >= 0.3 is 17.9 Å². The fraction of sp³-hybridized carbons (Fsp3) is 0.593. The number of hydrogen-bond donors (Lipinski definition) is 34. The molecule has 142 heavy (non-hydrogen) atoms. The number of thiol groups is 1. The zero-order chi connectivity index (χ0) is 107. The van der Waals surface area contributed by atoms with E-state index in [1.807, 2.05) is 5.32 Å². The zero-order valence-electron chi connectivity index (χ0n) is 79.7. The van der Waals surface area contributed by atoms with E-state index in [-0.39, 0.29) is 43.9 Å². The van der Waals surface area contributed by atoms with Crippen LogP contribution in [-0.4, -0.2) is 367 Å². The number of aliphatic hydroxyl groups excluding tert-OH is 7. The van der Waals surface area contributed by atoms with Gasteiger partial charge in [-0.15, -0.1) is 0 Å². The largest absolute Gasteiger partial charge is 0.481 e. The van der Waals surface area contributed by atoms with Crippen LogP contribution < -0.4 is 118 Å². The first-order chi connectivity index (χ1) is 66.8. The Kier molecular flexibility index (Phi) is 56.3. The molecule has 0 saturated carbocycles. The molecule has 0 fully saturated rings. The van der Waals surface area contributed by atoms with Crippen molar-refractivity contribution in [3.8, 4) is 0 Å². The van der Waals surface area contributed by atoms with Crippen LogP contribution in [0.5, 0.6) is 0 Å². The highest BCUT2D eigenvalue weighted by Gasteiger charge is 2.41. The molecule has 2 rings (SSSR count). The van der Waals surface area contributed by atoms with Gasteiger partial charge in [-0.3, -0.25) is 106 Å². The summed E-state index contributed by atoms with van der Waals surface area (Å²) in [5, 5.41) is 154. The van der Waals surface area contributed by atoms with Crippen LogP contribution in [0.3, 0.4) is 0 Å². The zero-order valence-corrected chi connectivity index (χ0v) is 80.6. The number of guanidine groups is 1. The van der Waals surface area contributed by atoms with E-state index < -0.39 is 348 Å². The molecule has 0 unspecified atom stereocenters.